The topological polar surface area (TPSA) is 50.8 Å². The maximum absolute atomic E-state index is 13.4. The van der Waals surface area contributed by atoms with Crippen molar-refractivity contribution in [1.29, 1.82) is 0 Å². The average Bonchev–Trinajstić information content (AvgIpc) is 3.06. The fraction of sp³-hybridized carbons (Fsp3) is 0.533. The van der Waals surface area contributed by atoms with Gasteiger partial charge in [0.25, 0.3) is 0 Å². The molecule has 2 atom stereocenters. The standard InChI is InChI=1S/C15H19ClFN3O/c1-15(10-4-5-13(17)12(16)7-10)9-19-14(18)20(15)8-11-3-2-6-21-11/h4-5,7,11H,2-3,6,8-9H2,1H3,(H2,18,19). The van der Waals surface area contributed by atoms with Gasteiger partial charge in [-0.3, -0.25) is 4.99 Å². The molecule has 1 saturated heterocycles. The Hall–Kier alpha value is -1.33. The van der Waals surface area contributed by atoms with Gasteiger partial charge in [0, 0.05) is 13.2 Å². The van der Waals surface area contributed by atoms with Gasteiger partial charge in [-0.2, -0.15) is 0 Å². The Kier molecular flexibility index (Phi) is 3.80. The predicted molar refractivity (Wildman–Crippen MR) is 80.9 cm³/mol. The first-order chi connectivity index (χ1) is 10.0. The smallest absolute Gasteiger partial charge is 0.192 e. The van der Waals surface area contributed by atoms with Crippen molar-refractivity contribution in [1.82, 2.24) is 4.90 Å². The van der Waals surface area contributed by atoms with E-state index in [9.17, 15) is 4.39 Å². The molecular formula is C15H19ClFN3O. The first-order valence-electron chi connectivity index (χ1n) is 7.15. The van der Waals surface area contributed by atoms with Gasteiger partial charge in [0.15, 0.2) is 5.96 Å². The Labute approximate surface area is 128 Å². The molecule has 0 radical (unpaired) electrons. The lowest BCUT2D eigenvalue weighted by Gasteiger charge is -2.38. The third-order valence-corrected chi connectivity index (χ3v) is 4.66. The Morgan fingerprint density at radius 2 is 2.38 bits per heavy atom. The minimum atomic E-state index is -0.415. The molecule has 6 heteroatoms. The van der Waals surface area contributed by atoms with E-state index in [1.54, 1.807) is 12.1 Å². The lowest BCUT2D eigenvalue weighted by atomic mass is 9.90. The van der Waals surface area contributed by atoms with Crippen molar-refractivity contribution in [2.45, 2.75) is 31.4 Å². The number of hydrogen-bond acceptors (Lipinski definition) is 4. The molecule has 0 amide bonds. The fourth-order valence-corrected chi connectivity index (χ4v) is 3.20. The summed E-state index contributed by atoms with van der Waals surface area (Å²) in [7, 11) is 0. The zero-order valence-electron chi connectivity index (χ0n) is 12.0. The van der Waals surface area contributed by atoms with Gasteiger partial charge in [-0.1, -0.05) is 17.7 Å². The van der Waals surface area contributed by atoms with Crippen LogP contribution >= 0.6 is 11.6 Å². The van der Waals surface area contributed by atoms with Crippen LogP contribution in [0.1, 0.15) is 25.3 Å². The summed E-state index contributed by atoms with van der Waals surface area (Å²) in [4.78, 5) is 6.42. The van der Waals surface area contributed by atoms with Crippen molar-refractivity contribution in [3.63, 3.8) is 0 Å². The van der Waals surface area contributed by atoms with Crippen LogP contribution in [0.5, 0.6) is 0 Å². The normalized spacial score (nSPS) is 29.0. The van der Waals surface area contributed by atoms with E-state index < -0.39 is 11.4 Å². The number of rotatable bonds is 3. The van der Waals surface area contributed by atoms with Crippen molar-refractivity contribution < 1.29 is 9.13 Å². The maximum Gasteiger partial charge on any atom is 0.192 e. The average molecular weight is 312 g/mol. The molecule has 2 aliphatic rings. The number of nitrogens with zero attached hydrogens (tertiary/aromatic N) is 2. The highest BCUT2D eigenvalue weighted by Gasteiger charge is 2.41. The highest BCUT2D eigenvalue weighted by atomic mass is 35.5. The summed E-state index contributed by atoms with van der Waals surface area (Å²) < 4.78 is 19.1. The maximum atomic E-state index is 13.4. The van der Waals surface area contributed by atoms with Crippen LogP contribution in [0.15, 0.2) is 23.2 Å². The molecule has 1 fully saturated rings. The second-order valence-corrected chi connectivity index (χ2v) is 6.23. The molecule has 0 aliphatic carbocycles. The monoisotopic (exact) mass is 311 g/mol. The molecule has 1 aromatic carbocycles. The van der Waals surface area contributed by atoms with Crippen LogP contribution in [0.25, 0.3) is 0 Å². The van der Waals surface area contributed by atoms with E-state index in [0.29, 0.717) is 19.0 Å². The highest BCUT2D eigenvalue weighted by molar-refractivity contribution is 6.30. The van der Waals surface area contributed by atoms with E-state index in [0.717, 1.165) is 25.0 Å². The van der Waals surface area contributed by atoms with Crippen LogP contribution in [0.4, 0.5) is 4.39 Å². The number of ether oxygens (including phenoxy) is 1. The van der Waals surface area contributed by atoms with Crippen molar-refractivity contribution >= 4 is 17.6 Å². The molecule has 21 heavy (non-hydrogen) atoms. The molecule has 0 bridgehead atoms. The molecular weight excluding hydrogens is 293 g/mol. The highest BCUT2D eigenvalue weighted by Crippen LogP contribution is 2.35. The molecule has 0 spiro atoms. The van der Waals surface area contributed by atoms with Gasteiger partial charge in [-0.15, -0.1) is 0 Å². The Balaban J connectivity index is 1.88. The number of guanidine groups is 1. The Bertz CT molecular complexity index is 574. The van der Waals surface area contributed by atoms with Crippen LogP contribution in [-0.2, 0) is 10.3 Å². The second kappa shape index (κ2) is 5.46. The Morgan fingerprint density at radius 1 is 1.57 bits per heavy atom. The number of aliphatic imine (C=N–C) groups is 1. The quantitative estimate of drug-likeness (QED) is 0.933. The lowest BCUT2D eigenvalue weighted by Crippen LogP contribution is -2.50. The molecule has 2 unspecified atom stereocenters. The van der Waals surface area contributed by atoms with E-state index in [1.807, 2.05) is 4.90 Å². The first-order valence-corrected chi connectivity index (χ1v) is 7.53. The van der Waals surface area contributed by atoms with Crippen molar-refractivity contribution in [3.05, 3.63) is 34.6 Å². The van der Waals surface area contributed by atoms with Crippen molar-refractivity contribution in [2.75, 3.05) is 19.7 Å². The second-order valence-electron chi connectivity index (χ2n) is 5.82. The third-order valence-electron chi connectivity index (χ3n) is 4.37. The van der Waals surface area contributed by atoms with Crippen LogP contribution < -0.4 is 5.73 Å². The minimum Gasteiger partial charge on any atom is -0.376 e. The number of halogens is 2. The molecule has 2 aliphatic heterocycles. The zero-order valence-corrected chi connectivity index (χ0v) is 12.7. The van der Waals surface area contributed by atoms with Crippen molar-refractivity contribution in [2.24, 2.45) is 10.7 Å². The van der Waals surface area contributed by atoms with Gasteiger partial charge >= 0.3 is 0 Å². The summed E-state index contributed by atoms with van der Waals surface area (Å²) >= 11 is 5.92. The SMILES string of the molecule is CC1(c2ccc(F)c(Cl)c2)CN=C(N)N1CC1CCCO1. The molecule has 4 nitrogen and oxygen atoms in total. The van der Waals surface area contributed by atoms with Crippen LogP contribution in [-0.4, -0.2) is 36.7 Å². The number of nitrogens with two attached hydrogens (primary N) is 1. The number of benzene rings is 1. The summed E-state index contributed by atoms with van der Waals surface area (Å²) in [6.45, 7) is 4.08. The zero-order chi connectivity index (χ0) is 15.0. The molecule has 2 N–H and O–H groups in total. The largest absolute Gasteiger partial charge is 0.376 e. The van der Waals surface area contributed by atoms with Crippen LogP contribution in [0.3, 0.4) is 0 Å². The van der Waals surface area contributed by atoms with E-state index in [4.69, 9.17) is 22.1 Å². The van der Waals surface area contributed by atoms with Gasteiger partial charge in [0.1, 0.15) is 5.82 Å². The molecule has 0 saturated carbocycles. The van der Waals surface area contributed by atoms with Gasteiger partial charge in [-0.05, 0) is 37.5 Å². The molecule has 114 valence electrons. The first kappa shape index (κ1) is 14.6. The van der Waals surface area contributed by atoms with E-state index in [1.165, 1.54) is 6.07 Å². The molecule has 2 heterocycles. The summed E-state index contributed by atoms with van der Waals surface area (Å²) in [6.07, 6.45) is 2.28. The fourth-order valence-electron chi connectivity index (χ4n) is 3.02. The molecule has 0 aromatic heterocycles. The predicted octanol–water partition coefficient (Wildman–Crippen LogP) is 2.50. The molecule has 1 aromatic rings. The van der Waals surface area contributed by atoms with Crippen molar-refractivity contribution in [3.8, 4) is 0 Å². The minimum absolute atomic E-state index is 0.122. The summed E-state index contributed by atoms with van der Waals surface area (Å²) in [6, 6.07) is 4.80. The molecule has 3 rings (SSSR count). The van der Waals surface area contributed by atoms with Crippen LogP contribution in [0, 0.1) is 5.82 Å². The van der Waals surface area contributed by atoms with E-state index >= 15 is 0 Å². The third kappa shape index (κ3) is 2.60. The van der Waals surface area contributed by atoms with E-state index in [-0.39, 0.29) is 11.1 Å². The summed E-state index contributed by atoms with van der Waals surface area (Å²) in [5.41, 5.74) is 6.56. The van der Waals surface area contributed by atoms with Gasteiger partial charge in [0.2, 0.25) is 0 Å². The van der Waals surface area contributed by atoms with E-state index in [2.05, 4.69) is 11.9 Å². The van der Waals surface area contributed by atoms with Crippen LogP contribution in [0.2, 0.25) is 5.02 Å². The lowest BCUT2D eigenvalue weighted by molar-refractivity contribution is 0.0690. The Morgan fingerprint density at radius 3 is 3.05 bits per heavy atom. The van der Waals surface area contributed by atoms with Gasteiger partial charge in [-0.25, -0.2) is 4.39 Å². The summed E-state index contributed by atoms with van der Waals surface area (Å²) in [5, 5.41) is 0.122. The van der Waals surface area contributed by atoms with Gasteiger partial charge in [0.05, 0.1) is 23.2 Å². The van der Waals surface area contributed by atoms with Gasteiger partial charge < -0.3 is 15.4 Å². The summed E-state index contributed by atoms with van der Waals surface area (Å²) in [5.74, 6) is 0.0926. The number of hydrogen-bond donors (Lipinski definition) is 1.